The van der Waals surface area contributed by atoms with Gasteiger partial charge >= 0.3 is 5.97 Å². The largest absolute Gasteiger partial charge is 0.465 e. The Morgan fingerprint density at radius 1 is 1.08 bits per heavy atom. The zero-order valence-corrected chi connectivity index (χ0v) is 16.3. The van der Waals surface area contributed by atoms with E-state index in [9.17, 15) is 9.59 Å². The van der Waals surface area contributed by atoms with Crippen LogP contribution in [-0.4, -0.2) is 25.5 Å². The molecule has 0 saturated carbocycles. The van der Waals surface area contributed by atoms with E-state index in [0.29, 0.717) is 27.8 Å². The maximum absolute atomic E-state index is 12.2. The van der Waals surface area contributed by atoms with Crippen molar-refractivity contribution in [3.63, 3.8) is 0 Å². The topological polar surface area (TPSA) is 67.4 Å². The van der Waals surface area contributed by atoms with E-state index in [4.69, 9.17) is 23.2 Å². The third-order valence-corrected chi connectivity index (χ3v) is 4.37. The molecule has 0 saturated heterocycles. The Kier molecular flexibility index (Phi) is 6.89. The Bertz CT molecular complexity index is 815. The first kappa shape index (κ1) is 20.1. The molecule has 0 fully saturated rings. The van der Waals surface area contributed by atoms with Crippen LogP contribution in [0, 0.1) is 13.8 Å². The molecular weight excluding hydrogens is 375 g/mol. The van der Waals surface area contributed by atoms with Gasteiger partial charge in [0, 0.05) is 13.0 Å². The lowest BCUT2D eigenvalue weighted by Crippen LogP contribution is -2.17. The zero-order valence-electron chi connectivity index (χ0n) is 14.8. The summed E-state index contributed by atoms with van der Waals surface area (Å²) in [6.45, 7) is 4.34. The van der Waals surface area contributed by atoms with Gasteiger partial charge in [0.05, 0.1) is 34.1 Å². The number of aryl methyl sites for hydroxylation is 2. The van der Waals surface area contributed by atoms with Gasteiger partial charge in [-0.05, 0) is 49.2 Å². The molecule has 0 aliphatic carbocycles. The minimum atomic E-state index is -0.497. The van der Waals surface area contributed by atoms with E-state index in [1.54, 1.807) is 0 Å². The molecule has 0 bridgehead atoms. The molecule has 2 aromatic rings. The number of amides is 1. The number of esters is 1. The fraction of sp³-hybridized carbons (Fsp3) is 0.263. The number of methoxy groups -OCH3 is 1. The van der Waals surface area contributed by atoms with Crippen molar-refractivity contribution in [2.45, 2.75) is 20.3 Å². The minimum Gasteiger partial charge on any atom is -0.465 e. The Morgan fingerprint density at radius 3 is 2.46 bits per heavy atom. The number of carbonyl (C=O) groups is 2. The van der Waals surface area contributed by atoms with Crippen LogP contribution >= 0.6 is 23.2 Å². The second kappa shape index (κ2) is 8.92. The summed E-state index contributed by atoms with van der Waals surface area (Å²) in [7, 11) is 1.29. The molecule has 5 nitrogen and oxygen atoms in total. The lowest BCUT2D eigenvalue weighted by atomic mass is 10.1. The summed E-state index contributed by atoms with van der Waals surface area (Å²) in [5, 5.41) is 6.85. The number of carbonyl (C=O) groups excluding carboxylic acids is 2. The van der Waals surface area contributed by atoms with Gasteiger partial charge < -0.3 is 15.4 Å². The summed E-state index contributed by atoms with van der Waals surface area (Å²) in [5.74, 6) is -0.731. The van der Waals surface area contributed by atoms with E-state index in [-0.39, 0.29) is 12.3 Å². The number of rotatable bonds is 6. The Hall–Kier alpha value is -2.24. The predicted octanol–water partition coefficient (Wildman–Crippen LogP) is 4.84. The molecule has 0 aromatic heterocycles. The van der Waals surface area contributed by atoms with Crippen molar-refractivity contribution in [2.24, 2.45) is 0 Å². The lowest BCUT2D eigenvalue weighted by Gasteiger charge is -2.13. The van der Waals surface area contributed by atoms with Crippen molar-refractivity contribution < 1.29 is 14.3 Å². The van der Waals surface area contributed by atoms with Gasteiger partial charge in [-0.3, -0.25) is 4.79 Å². The molecule has 7 heteroatoms. The number of benzene rings is 2. The third kappa shape index (κ3) is 5.13. The number of hydrogen-bond donors (Lipinski definition) is 2. The molecule has 2 rings (SSSR count). The van der Waals surface area contributed by atoms with Crippen LogP contribution in [0.1, 0.15) is 27.9 Å². The fourth-order valence-electron chi connectivity index (χ4n) is 2.52. The fourth-order valence-corrected chi connectivity index (χ4v) is 3.07. The van der Waals surface area contributed by atoms with Gasteiger partial charge in [-0.1, -0.05) is 29.3 Å². The Labute approximate surface area is 162 Å². The highest BCUT2D eigenvalue weighted by atomic mass is 35.5. The summed E-state index contributed by atoms with van der Waals surface area (Å²) in [4.78, 5) is 23.7. The molecule has 0 atom stereocenters. The van der Waals surface area contributed by atoms with Crippen LogP contribution in [0.4, 0.5) is 11.4 Å². The summed E-state index contributed by atoms with van der Waals surface area (Å²) in [5.41, 5.74) is 3.59. The molecule has 2 aromatic carbocycles. The maximum atomic E-state index is 12.2. The lowest BCUT2D eigenvalue weighted by molar-refractivity contribution is -0.115. The quantitative estimate of drug-likeness (QED) is 0.687. The molecule has 0 spiro atoms. The highest BCUT2D eigenvalue weighted by Gasteiger charge is 2.12. The van der Waals surface area contributed by atoms with Crippen molar-refractivity contribution >= 4 is 46.5 Å². The monoisotopic (exact) mass is 394 g/mol. The van der Waals surface area contributed by atoms with Gasteiger partial charge in [0.15, 0.2) is 0 Å². The molecule has 138 valence electrons. The summed E-state index contributed by atoms with van der Waals surface area (Å²) in [6.07, 6.45) is 0.211. The van der Waals surface area contributed by atoms with Crippen molar-refractivity contribution in [1.29, 1.82) is 0 Å². The number of anilines is 2. The first-order valence-corrected chi connectivity index (χ1v) is 8.75. The van der Waals surface area contributed by atoms with Crippen molar-refractivity contribution in [3.8, 4) is 0 Å². The van der Waals surface area contributed by atoms with Crippen LogP contribution in [0.15, 0.2) is 30.3 Å². The van der Waals surface area contributed by atoms with Gasteiger partial charge in [-0.15, -0.1) is 0 Å². The number of halogens is 2. The molecular formula is C19H20Cl2N2O3. The normalized spacial score (nSPS) is 10.3. The van der Waals surface area contributed by atoms with E-state index >= 15 is 0 Å². The second-order valence-corrected chi connectivity index (χ2v) is 6.66. The summed E-state index contributed by atoms with van der Waals surface area (Å²) in [6, 6.07) is 8.45. The first-order chi connectivity index (χ1) is 12.3. The number of nitrogens with one attached hydrogen (secondary N) is 2. The van der Waals surface area contributed by atoms with Crippen LogP contribution in [0.5, 0.6) is 0 Å². The molecule has 0 unspecified atom stereocenters. The van der Waals surface area contributed by atoms with Crippen molar-refractivity contribution in [1.82, 2.24) is 0 Å². The highest BCUT2D eigenvalue weighted by Crippen LogP contribution is 2.27. The van der Waals surface area contributed by atoms with Gasteiger partial charge in [-0.2, -0.15) is 0 Å². The molecule has 0 heterocycles. The molecule has 2 N–H and O–H groups in total. The number of ether oxygens (including phenoxy) is 1. The van der Waals surface area contributed by atoms with Crippen LogP contribution in [0.2, 0.25) is 10.0 Å². The van der Waals surface area contributed by atoms with Gasteiger partial charge in [-0.25, -0.2) is 4.79 Å². The van der Waals surface area contributed by atoms with Crippen LogP contribution < -0.4 is 10.6 Å². The Morgan fingerprint density at radius 2 is 1.81 bits per heavy atom. The van der Waals surface area contributed by atoms with Crippen molar-refractivity contribution in [2.75, 3.05) is 24.3 Å². The molecule has 0 radical (unpaired) electrons. The molecule has 1 amide bonds. The predicted molar refractivity (Wildman–Crippen MR) is 105 cm³/mol. The standard InChI is InChI=1S/C19H20Cl2N2O3/c1-11-8-12(2)18(15(21)9-11)22-7-6-17(24)23-16-10-13(19(25)26-3)4-5-14(16)20/h4-5,8-10,22H,6-7H2,1-3H3,(H,23,24). The van der Waals surface area contributed by atoms with Gasteiger partial charge in [0.1, 0.15) is 0 Å². The van der Waals surface area contributed by atoms with Gasteiger partial charge in [0.25, 0.3) is 0 Å². The minimum absolute atomic E-state index is 0.211. The van der Waals surface area contributed by atoms with E-state index in [1.165, 1.54) is 25.3 Å². The van der Waals surface area contributed by atoms with E-state index in [1.807, 2.05) is 26.0 Å². The first-order valence-electron chi connectivity index (χ1n) is 8.00. The molecule has 0 aliphatic rings. The van der Waals surface area contributed by atoms with E-state index in [0.717, 1.165) is 16.8 Å². The second-order valence-electron chi connectivity index (χ2n) is 5.85. The average molecular weight is 395 g/mol. The van der Waals surface area contributed by atoms with Crippen LogP contribution in [-0.2, 0) is 9.53 Å². The Balaban J connectivity index is 1.97. The molecule has 0 aliphatic heterocycles. The zero-order chi connectivity index (χ0) is 19.3. The number of hydrogen-bond acceptors (Lipinski definition) is 4. The summed E-state index contributed by atoms with van der Waals surface area (Å²) >= 11 is 12.3. The molecule has 26 heavy (non-hydrogen) atoms. The average Bonchev–Trinajstić information content (AvgIpc) is 2.58. The smallest absolute Gasteiger partial charge is 0.337 e. The van der Waals surface area contributed by atoms with Crippen LogP contribution in [0.3, 0.4) is 0 Å². The SMILES string of the molecule is COC(=O)c1ccc(Cl)c(NC(=O)CCNc2c(C)cc(C)cc2Cl)c1. The van der Waals surface area contributed by atoms with Crippen LogP contribution in [0.25, 0.3) is 0 Å². The highest BCUT2D eigenvalue weighted by molar-refractivity contribution is 6.34. The van der Waals surface area contributed by atoms with Crippen molar-refractivity contribution in [3.05, 3.63) is 57.1 Å². The summed E-state index contributed by atoms with van der Waals surface area (Å²) < 4.78 is 4.66. The van der Waals surface area contributed by atoms with Gasteiger partial charge in [0.2, 0.25) is 5.91 Å². The maximum Gasteiger partial charge on any atom is 0.337 e. The third-order valence-electron chi connectivity index (χ3n) is 3.75. The van der Waals surface area contributed by atoms with E-state index in [2.05, 4.69) is 15.4 Å². The van der Waals surface area contributed by atoms with E-state index < -0.39 is 5.97 Å².